The molecule has 0 aliphatic heterocycles. The maximum absolute atomic E-state index is 13.1. The van der Waals surface area contributed by atoms with Crippen LogP contribution in [-0.2, 0) is 4.79 Å². The van der Waals surface area contributed by atoms with E-state index in [4.69, 9.17) is 9.47 Å². The fourth-order valence-electron chi connectivity index (χ4n) is 3.22. The highest BCUT2D eigenvalue weighted by atomic mass is 19.4. The van der Waals surface area contributed by atoms with Crippen LogP contribution < -0.4 is 14.8 Å². The highest BCUT2D eigenvalue weighted by Gasteiger charge is 2.45. The summed E-state index contributed by atoms with van der Waals surface area (Å²) in [4.78, 5) is 12.1. The minimum absolute atomic E-state index is 0.0641. The number of benzene rings is 1. The molecule has 0 spiro atoms. The van der Waals surface area contributed by atoms with E-state index < -0.39 is 24.0 Å². The Labute approximate surface area is 157 Å². The zero-order valence-electron chi connectivity index (χ0n) is 15.6. The van der Waals surface area contributed by atoms with E-state index in [2.05, 4.69) is 5.32 Å². The van der Waals surface area contributed by atoms with Gasteiger partial charge in [-0.25, -0.2) is 0 Å². The second kappa shape index (κ2) is 9.67. The maximum atomic E-state index is 13.1. The molecule has 1 saturated carbocycles. The van der Waals surface area contributed by atoms with Gasteiger partial charge in [-0.2, -0.15) is 13.2 Å². The maximum Gasteiger partial charge on any atom is 0.393 e. The average molecular weight is 385 g/mol. The molecule has 0 saturated heterocycles. The number of carbonyl (C=O) groups is 1. The summed E-state index contributed by atoms with van der Waals surface area (Å²) in [5, 5.41) is 2.51. The average Bonchev–Trinajstić information content (AvgIpc) is 2.64. The van der Waals surface area contributed by atoms with Gasteiger partial charge in [0, 0.05) is 12.1 Å². The van der Waals surface area contributed by atoms with Crippen LogP contribution in [0.5, 0.6) is 11.5 Å². The zero-order chi connectivity index (χ0) is 19.9. The normalized spacial score (nSPS) is 20.5. The summed E-state index contributed by atoms with van der Waals surface area (Å²) in [7, 11) is 1.52. The molecular weight excluding hydrogens is 359 g/mol. The van der Waals surface area contributed by atoms with Gasteiger partial charge in [0.05, 0.1) is 19.6 Å². The second-order valence-electron chi connectivity index (χ2n) is 6.64. The van der Waals surface area contributed by atoms with Crippen molar-refractivity contribution in [2.75, 3.05) is 13.7 Å². The van der Waals surface area contributed by atoms with E-state index in [0.29, 0.717) is 42.9 Å². The predicted octanol–water partition coefficient (Wildman–Crippen LogP) is 4.73. The van der Waals surface area contributed by atoms with Crippen LogP contribution in [0.4, 0.5) is 13.2 Å². The third-order valence-electron chi connectivity index (χ3n) is 4.59. The van der Waals surface area contributed by atoms with E-state index in [0.717, 1.165) is 6.42 Å². The van der Waals surface area contributed by atoms with Crippen LogP contribution in [0, 0.1) is 5.92 Å². The number of hydrogen-bond acceptors (Lipinski definition) is 3. The first-order chi connectivity index (χ1) is 12.8. The lowest BCUT2D eigenvalue weighted by atomic mass is 9.84. The predicted molar refractivity (Wildman–Crippen MR) is 97.8 cm³/mol. The van der Waals surface area contributed by atoms with Crippen LogP contribution >= 0.6 is 0 Å². The molecule has 1 N–H and O–H groups in total. The Hall–Kier alpha value is -2.18. The third kappa shape index (κ3) is 6.19. The molecular formula is C20H26F3NO3. The van der Waals surface area contributed by atoms with Gasteiger partial charge in [0.15, 0.2) is 11.5 Å². The molecule has 1 aliphatic carbocycles. The monoisotopic (exact) mass is 385 g/mol. The van der Waals surface area contributed by atoms with Crippen LogP contribution in [0.2, 0.25) is 0 Å². The van der Waals surface area contributed by atoms with Crippen LogP contribution in [0.3, 0.4) is 0 Å². The number of alkyl halides is 3. The van der Waals surface area contributed by atoms with Gasteiger partial charge in [0.1, 0.15) is 0 Å². The molecule has 1 aliphatic rings. The van der Waals surface area contributed by atoms with Gasteiger partial charge in [-0.3, -0.25) is 4.79 Å². The summed E-state index contributed by atoms with van der Waals surface area (Å²) in [6.07, 6.45) is 1.02. The summed E-state index contributed by atoms with van der Waals surface area (Å²) >= 11 is 0. The molecule has 1 aromatic rings. The molecule has 0 radical (unpaired) electrons. The van der Waals surface area contributed by atoms with Crippen molar-refractivity contribution < 1.29 is 27.4 Å². The van der Waals surface area contributed by atoms with E-state index in [-0.39, 0.29) is 6.42 Å². The summed E-state index contributed by atoms with van der Waals surface area (Å²) in [6, 6.07) is 4.35. The van der Waals surface area contributed by atoms with E-state index in [1.165, 1.54) is 13.2 Å². The van der Waals surface area contributed by atoms with Gasteiger partial charge < -0.3 is 14.8 Å². The molecule has 1 amide bonds. The van der Waals surface area contributed by atoms with E-state index >= 15 is 0 Å². The van der Waals surface area contributed by atoms with Crippen molar-refractivity contribution in [3.05, 3.63) is 29.8 Å². The first kappa shape index (κ1) is 21.1. The smallest absolute Gasteiger partial charge is 0.393 e. The molecule has 2 unspecified atom stereocenters. The van der Waals surface area contributed by atoms with Crippen molar-refractivity contribution >= 4 is 12.0 Å². The van der Waals surface area contributed by atoms with Gasteiger partial charge in [0.2, 0.25) is 5.91 Å². The Kier molecular flexibility index (Phi) is 7.56. The molecule has 150 valence electrons. The number of nitrogens with one attached hydrogen (secondary N) is 1. The minimum atomic E-state index is -4.29. The number of carbonyl (C=O) groups excluding carboxylic acids is 1. The minimum Gasteiger partial charge on any atom is -0.493 e. The molecule has 7 heteroatoms. The van der Waals surface area contributed by atoms with Crippen LogP contribution in [0.15, 0.2) is 24.3 Å². The number of ether oxygens (including phenoxy) is 2. The molecule has 2 atom stereocenters. The fraction of sp³-hybridized carbons (Fsp3) is 0.550. The van der Waals surface area contributed by atoms with Crippen molar-refractivity contribution in [2.24, 2.45) is 5.92 Å². The molecule has 4 nitrogen and oxygen atoms in total. The molecule has 1 aromatic carbocycles. The van der Waals surface area contributed by atoms with Crippen molar-refractivity contribution in [1.82, 2.24) is 5.32 Å². The Morgan fingerprint density at radius 3 is 2.67 bits per heavy atom. The van der Waals surface area contributed by atoms with Gasteiger partial charge >= 0.3 is 6.18 Å². The molecule has 27 heavy (non-hydrogen) atoms. The molecule has 0 bridgehead atoms. The highest BCUT2D eigenvalue weighted by molar-refractivity contribution is 5.92. The third-order valence-corrected chi connectivity index (χ3v) is 4.59. The molecule has 0 aromatic heterocycles. The second-order valence-corrected chi connectivity index (χ2v) is 6.64. The molecule has 0 heterocycles. The van der Waals surface area contributed by atoms with Crippen molar-refractivity contribution in [3.63, 3.8) is 0 Å². The number of methoxy groups -OCH3 is 1. The van der Waals surface area contributed by atoms with Gasteiger partial charge in [-0.15, -0.1) is 0 Å². The first-order valence-corrected chi connectivity index (χ1v) is 9.21. The summed E-state index contributed by atoms with van der Waals surface area (Å²) in [5.74, 6) is -0.855. The van der Waals surface area contributed by atoms with Crippen LogP contribution in [-0.4, -0.2) is 31.8 Å². The fourth-order valence-corrected chi connectivity index (χ4v) is 3.22. The van der Waals surface area contributed by atoms with Gasteiger partial charge in [-0.05, 0) is 43.0 Å². The van der Waals surface area contributed by atoms with E-state index in [1.54, 1.807) is 24.3 Å². The van der Waals surface area contributed by atoms with Crippen molar-refractivity contribution in [2.45, 2.75) is 51.2 Å². The summed E-state index contributed by atoms with van der Waals surface area (Å²) in [5.41, 5.74) is 0.696. The highest BCUT2D eigenvalue weighted by Crippen LogP contribution is 2.37. The lowest BCUT2D eigenvalue weighted by Gasteiger charge is -2.33. The first-order valence-electron chi connectivity index (χ1n) is 9.21. The summed E-state index contributed by atoms with van der Waals surface area (Å²) in [6.45, 7) is 2.56. The zero-order valence-corrected chi connectivity index (χ0v) is 15.6. The summed E-state index contributed by atoms with van der Waals surface area (Å²) < 4.78 is 50.2. The van der Waals surface area contributed by atoms with E-state index in [1.807, 2.05) is 6.92 Å². The topological polar surface area (TPSA) is 47.6 Å². The Balaban J connectivity index is 2.01. The quantitative estimate of drug-likeness (QED) is 0.690. The largest absolute Gasteiger partial charge is 0.493 e. The Morgan fingerprint density at radius 1 is 1.26 bits per heavy atom. The lowest BCUT2D eigenvalue weighted by Crippen LogP contribution is -2.47. The van der Waals surface area contributed by atoms with Gasteiger partial charge in [0.25, 0.3) is 0 Å². The molecule has 2 rings (SSSR count). The van der Waals surface area contributed by atoms with Gasteiger partial charge in [-0.1, -0.05) is 25.8 Å². The van der Waals surface area contributed by atoms with Crippen LogP contribution in [0.25, 0.3) is 6.08 Å². The number of amides is 1. The van der Waals surface area contributed by atoms with Crippen molar-refractivity contribution in [1.29, 1.82) is 0 Å². The molecule has 1 fully saturated rings. The SMILES string of the molecule is CCCOc1ccc(C=CC(=O)NC2CCCCC2C(F)(F)F)cc1OC. The van der Waals surface area contributed by atoms with E-state index in [9.17, 15) is 18.0 Å². The van der Waals surface area contributed by atoms with Crippen molar-refractivity contribution in [3.8, 4) is 11.5 Å². The standard InChI is InChI=1S/C20H26F3NO3/c1-3-12-27-17-10-8-14(13-18(17)26-2)9-11-19(25)24-16-7-5-4-6-15(16)20(21,22)23/h8-11,13,15-16H,3-7,12H2,1-2H3,(H,24,25). The Morgan fingerprint density at radius 2 is 2.00 bits per heavy atom. The lowest BCUT2D eigenvalue weighted by molar-refractivity contribution is -0.188. The van der Waals surface area contributed by atoms with Crippen LogP contribution in [0.1, 0.15) is 44.6 Å². The number of halogens is 3. The number of rotatable bonds is 7. The Bertz CT molecular complexity index is 658. The number of hydrogen-bond donors (Lipinski definition) is 1.